The van der Waals surface area contributed by atoms with Crippen LogP contribution in [0.3, 0.4) is 0 Å². The predicted molar refractivity (Wildman–Crippen MR) is 112 cm³/mol. The number of fused-ring (bicyclic) bond motifs is 1. The van der Waals surface area contributed by atoms with Crippen molar-refractivity contribution in [3.8, 4) is 17.0 Å². The van der Waals surface area contributed by atoms with Gasteiger partial charge in [0.15, 0.2) is 0 Å². The van der Waals surface area contributed by atoms with E-state index in [0.717, 1.165) is 27.7 Å². The topological polar surface area (TPSA) is 85.1 Å². The van der Waals surface area contributed by atoms with E-state index in [1.165, 1.54) is 4.80 Å². The van der Waals surface area contributed by atoms with E-state index < -0.39 is 5.60 Å². The molecule has 2 heterocycles. The van der Waals surface area contributed by atoms with Gasteiger partial charge in [0.1, 0.15) is 17.3 Å². The third-order valence-electron chi connectivity index (χ3n) is 4.39. The Bertz CT molecular complexity index is 1150. The van der Waals surface area contributed by atoms with Crippen molar-refractivity contribution in [2.45, 2.75) is 26.0 Å². The molecule has 1 radical (unpaired) electrons. The van der Waals surface area contributed by atoms with Gasteiger partial charge in [-0.05, 0) is 49.6 Å². The normalized spacial score (nSPS) is 11.6. The first-order valence-electron chi connectivity index (χ1n) is 9.25. The van der Waals surface area contributed by atoms with Gasteiger partial charge in [0.25, 0.3) is 0 Å². The molecule has 0 fully saturated rings. The van der Waals surface area contributed by atoms with E-state index in [-0.39, 0.29) is 0 Å². The lowest BCUT2D eigenvalue weighted by Crippen LogP contribution is -2.27. The van der Waals surface area contributed by atoms with Gasteiger partial charge in [-0.1, -0.05) is 18.2 Å². The summed E-state index contributed by atoms with van der Waals surface area (Å²) < 4.78 is 5.36. The van der Waals surface area contributed by atoms with Crippen LogP contribution in [0.25, 0.3) is 22.0 Å². The number of aromatic nitrogens is 4. The second kappa shape index (κ2) is 7.52. The average Bonchev–Trinajstić information content (AvgIpc) is 3.14. The molecule has 29 heavy (non-hydrogen) atoms. The van der Waals surface area contributed by atoms with Gasteiger partial charge < -0.3 is 15.2 Å². The minimum absolute atomic E-state index is 0.328. The highest BCUT2D eigenvalue weighted by atomic mass is 16.5. The predicted octanol–water partition coefficient (Wildman–Crippen LogP) is 3.82. The van der Waals surface area contributed by atoms with E-state index in [2.05, 4.69) is 32.6 Å². The van der Waals surface area contributed by atoms with Crippen molar-refractivity contribution >= 4 is 22.3 Å². The Balaban J connectivity index is 1.63. The number of hydrogen-bond acceptors (Lipinski definition) is 6. The van der Waals surface area contributed by atoms with Crippen LogP contribution < -0.4 is 10.1 Å². The van der Waals surface area contributed by atoms with Crippen LogP contribution in [-0.2, 0) is 6.54 Å². The second-order valence-corrected chi connectivity index (χ2v) is 7.46. The third-order valence-corrected chi connectivity index (χ3v) is 4.39. The Morgan fingerprint density at radius 3 is 2.83 bits per heavy atom. The molecule has 0 bridgehead atoms. The Morgan fingerprint density at radius 1 is 1.17 bits per heavy atom. The molecule has 2 aromatic carbocycles. The van der Waals surface area contributed by atoms with Gasteiger partial charge in [-0.2, -0.15) is 15.0 Å². The minimum Gasteiger partial charge on any atom is -0.495 e. The van der Waals surface area contributed by atoms with Gasteiger partial charge in [-0.15, -0.1) is 0 Å². The summed E-state index contributed by atoms with van der Waals surface area (Å²) in [5.74, 6) is 1.41. The molecule has 0 unspecified atom stereocenters. The highest BCUT2D eigenvalue weighted by molar-refractivity contribution is 5.88. The van der Waals surface area contributed by atoms with E-state index in [0.29, 0.717) is 18.1 Å². The van der Waals surface area contributed by atoms with E-state index in [1.807, 2.05) is 36.5 Å². The summed E-state index contributed by atoms with van der Waals surface area (Å²) in [6, 6.07) is 16.5. The molecule has 0 saturated heterocycles. The van der Waals surface area contributed by atoms with Crippen LogP contribution in [0.5, 0.6) is 5.75 Å². The van der Waals surface area contributed by atoms with Crippen LogP contribution in [0, 0.1) is 6.07 Å². The second-order valence-electron chi connectivity index (χ2n) is 7.46. The molecule has 0 aliphatic carbocycles. The number of anilines is 2. The monoisotopic (exact) mass is 388 g/mol. The summed E-state index contributed by atoms with van der Waals surface area (Å²) in [4.78, 5) is 6.00. The number of hydrogen-bond donors (Lipinski definition) is 2. The van der Waals surface area contributed by atoms with E-state index >= 15 is 0 Å². The van der Waals surface area contributed by atoms with Crippen molar-refractivity contribution in [3.05, 3.63) is 60.9 Å². The summed E-state index contributed by atoms with van der Waals surface area (Å²) in [5, 5.41) is 24.0. The fourth-order valence-electron chi connectivity index (χ4n) is 3.05. The third kappa shape index (κ3) is 4.35. The van der Waals surface area contributed by atoms with Gasteiger partial charge in [-0.3, -0.25) is 0 Å². The molecular weight excluding hydrogens is 366 g/mol. The first kappa shape index (κ1) is 18.9. The summed E-state index contributed by atoms with van der Waals surface area (Å²) in [6.45, 7) is 3.79. The zero-order chi connectivity index (χ0) is 20.4. The van der Waals surface area contributed by atoms with Crippen molar-refractivity contribution in [2.75, 3.05) is 12.4 Å². The van der Waals surface area contributed by atoms with Crippen molar-refractivity contribution in [1.29, 1.82) is 0 Å². The number of pyridine rings is 1. The van der Waals surface area contributed by atoms with E-state index in [1.54, 1.807) is 33.2 Å². The lowest BCUT2D eigenvalue weighted by molar-refractivity contribution is 0.0532. The molecular formula is C22H22N5O2. The van der Waals surface area contributed by atoms with Gasteiger partial charge in [0, 0.05) is 17.1 Å². The van der Waals surface area contributed by atoms with Gasteiger partial charge in [0.05, 0.1) is 31.1 Å². The first-order valence-corrected chi connectivity index (χ1v) is 9.25. The number of ether oxygens (including phenoxy) is 1. The van der Waals surface area contributed by atoms with E-state index in [9.17, 15) is 5.11 Å². The fraction of sp³-hybridized carbons (Fsp3) is 0.227. The number of methoxy groups -OCH3 is 1. The van der Waals surface area contributed by atoms with E-state index in [4.69, 9.17) is 4.74 Å². The Kier molecular flexibility index (Phi) is 4.90. The maximum Gasteiger partial charge on any atom is 0.142 e. The largest absolute Gasteiger partial charge is 0.495 e. The summed E-state index contributed by atoms with van der Waals surface area (Å²) in [6.07, 6.45) is 3.53. The molecule has 7 nitrogen and oxygen atoms in total. The summed E-state index contributed by atoms with van der Waals surface area (Å²) in [7, 11) is 1.62. The molecule has 7 heteroatoms. The maximum atomic E-state index is 9.96. The van der Waals surface area contributed by atoms with Crippen LogP contribution in [0.1, 0.15) is 13.8 Å². The quantitative estimate of drug-likeness (QED) is 0.522. The van der Waals surface area contributed by atoms with Crippen molar-refractivity contribution in [1.82, 2.24) is 20.0 Å². The lowest BCUT2D eigenvalue weighted by Gasteiger charge is -2.15. The smallest absolute Gasteiger partial charge is 0.142 e. The van der Waals surface area contributed by atoms with Crippen LogP contribution in [0.4, 0.5) is 11.5 Å². The Morgan fingerprint density at radius 2 is 2.03 bits per heavy atom. The molecule has 0 spiro atoms. The Labute approximate surface area is 169 Å². The molecule has 147 valence electrons. The van der Waals surface area contributed by atoms with Crippen LogP contribution >= 0.6 is 0 Å². The van der Waals surface area contributed by atoms with Crippen molar-refractivity contribution < 1.29 is 9.84 Å². The maximum absolute atomic E-state index is 9.96. The first-order chi connectivity index (χ1) is 13.9. The highest BCUT2D eigenvalue weighted by Gasteiger charge is 2.15. The zero-order valence-corrected chi connectivity index (χ0v) is 16.5. The van der Waals surface area contributed by atoms with Gasteiger partial charge >= 0.3 is 0 Å². The molecule has 4 aromatic rings. The van der Waals surface area contributed by atoms with Gasteiger partial charge in [-0.25, -0.2) is 4.98 Å². The van der Waals surface area contributed by atoms with Gasteiger partial charge in [0.2, 0.25) is 0 Å². The summed E-state index contributed by atoms with van der Waals surface area (Å²) >= 11 is 0. The standard InChI is InChI=1S/C22H22N5O2/c1-22(2,28)14-27-24-13-19(26-27)15-8-9-16-12-23-21(11-17(16)10-15)25-18-6-4-5-7-20(18)29-3/h4,6-13,28H,14H2,1-3H3,(H,23,25). The number of benzene rings is 2. The van der Waals surface area contributed by atoms with Crippen molar-refractivity contribution in [3.63, 3.8) is 0 Å². The van der Waals surface area contributed by atoms with Crippen LogP contribution in [-0.4, -0.2) is 37.8 Å². The molecule has 0 atom stereocenters. The molecule has 0 saturated carbocycles. The summed E-state index contributed by atoms with van der Waals surface area (Å²) in [5.41, 5.74) is 1.65. The molecule has 0 aliphatic rings. The average molecular weight is 388 g/mol. The minimum atomic E-state index is -0.873. The number of nitrogens with one attached hydrogen (secondary N) is 1. The number of nitrogens with zero attached hydrogens (tertiary/aromatic N) is 4. The molecule has 0 aliphatic heterocycles. The lowest BCUT2D eigenvalue weighted by atomic mass is 10.1. The Hall–Kier alpha value is -3.45. The molecule has 2 N–H and O–H groups in total. The van der Waals surface area contributed by atoms with Crippen molar-refractivity contribution in [2.24, 2.45) is 0 Å². The number of rotatable bonds is 6. The SMILES string of the molecule is COc1c[c]ccc1Nc1cc2cc(-c3cnn(CC(C)(C)O)n3)ccc2cn1. The fourth-order valence-corrected chi connectivity index (χ4v) is 3.05. The van der Waals surface area contributed by atoms with Crippen LogP contribution in [0.2, 0.25) is 0 Å². The molecule has 0 amide bonds. The molecule has 2 aromatic heterocycles. The molecule has 4 rings (SSSR count). The highest BCUT2D eigenvalue weighted by Crippen LogP contribution is 2.28. The number of aliphatic hydroxyl groups is 1. The van der Waals surface area contributed by atoms with Crippen LogP contribution in [0.15, 0.2) is 54.9 Å². The zero-order valence-electron chi connectivity index (χ0n) is 16.5.